The van der Waals surface area contributed by atoms with Gasteiger partial charge in [-0.2, -0.15) is 0 Å². The molecule has 4 rings (SSSR count). The zero-order valence-corrected chi connectivity index (χ0v) is 25.2. The van der Waals surface area contributed by atoms with Crippen molar-refractivity contribution in [3.05, 3.63) is 11.8 Å². The first-order valence-corrected chi connectivity index (χ1v) is 15.5. The molecule has 3 heterocycles. The summed E-state index contributed by atoms with van der Waals surface area (Å²) in [5.41, 5.74) is 16.8. The van der Waals surface area contributed by atoms with Gasteiger partial charge in [0.1, 0.15) is 35.8 Å². The molecule has 13 atom stereocenters. The molecule has 1 amide bonds. The number of ether oxygens (including phenoxy) is 3. The summed E-state index contributed by atoms with van der Waals surface area (Å²) in [7, 11) is 1.61. The number of rotatable bonds is 12. The fourth-order valence-electron chi connectivity index (χ4n) is 6.94. The molecule has 0 aromatic carbocycles. The van der Waals surface area contributed by atoms with Crippen molar-refractivity contribution in [2.45, 2.75) is 112 Å². The Hall–Kier alpha value is -1.47. The summed E-state index contributed by atoms with van der Waals surface area (Å²) in [4.78, 5) is 12.8. The molecule has 1 saturated carbocycles. The van der Waals surface area contributed by atoms with Crippen LogP contribution in [0.3, 0.4) is 0 Å². The maximum atomic E-state index is 12.8. The summed E-state index contributed by atoms with van der Waals surface area (Å²) in [6.07, 6.45) is -1.85. The second-order valence-corrected chi connectivity index (χ2v) is 12.6. The van der Waals surface area contributed by atoms with E-state index in [1.807, 2.05) is 6.08 Å². The van der Waals surface area contributed by atoms with Crippen LogP contribution in [0.2, 0.25) is 0 Å². The molecule has 4 aliphatic rings. The first-order chi connectivity index (χ1) is 20.5. The van der Waals surface area contributed by atoms with Gasteiger partial charge in [-0.3, -0.25) is 4.79 Å². The highest BCUT2D eigenvalue weighted by Crippen LogP contribution is 2.37. The maximum absolute atomic E-state index is 12.8. The number of carbonyl (C=O) groups excluding carboxylic acids is 1. The monoisotopic (exact) mass is 615 g/mol. The van der Waals surface area contributed by atoms with Crippen molar-refractivity contribution in [3.63, 3.8) is 0 Å². The highest BCUT2D eigenvalue weighted by atomic mass is 16.7. The van der Waals surface area contributed by atoms with Gasteiger partial charge in [-0.1, -0.05) is 0 Å². The third-order valence-electron chi connectivity index (χ3n) is 9.30. The molecule has 3 fully saturated rings. The van der Waals surface area contributed by atoms with Gasteiger partial charge in [-0.25, -0.2) is 0 Å². The molecule has 15 heteroatoms. The van der Waals surface area contributed by atoms with Crippen molar-refractivity contribution in [1.29, 1.82) is 0 Å². The predicted molar refractivity (Wildman–Crippen MR) is 157 cm³/mol. The summed E-state index contributed by atoms with van der Waals surface area (Å²) in [6, 6.07) is -2.10. The molecule has 1 aliphatic carbocycles. The number of hydrogen-bond donors (Lipinski definition) is 11. The second kappa shape index (κ2) is 15.2. The van der Waals surface area contributed by atoms with E-state index in [2.05, 4.69) is 21.3 Å². The van der Waals surface area contributed by atoms with Gasteiger partial charge in [-0.05, 0) is 65.2 Å². The molecule has 43 heavy (non-hydrogen) atoms. The van der Waals surface area contributed by atoms with E-state index in [-0.39, 0.29) is 38.6 Å². The molecule has 0 spiro atoms. The van der Waals surface area contributed by atoms with Crippen LogP contribution in [0.4, 0.5) is 0 Å². The summed E-state index contributed by atoms with van der Waals surface area (Å²) in [5, 5.41) is 56.8. The third kappa shape index (κ3) is 8.04. The Balaban J connectivity index is 1.59. The number of aliphatic hydroxyl groups is 4. The van der Waals surface area contributed by atoms with Crippen LogP contribution in [0.15, 0.2) is 11.8 Å². The van der Waals surface area contributed by atoms with Gasteiger partial charge in [0.15, 0.2) is 6.29 Å². The highest BCUT2D eigenvalue weighted by molar-refractivity contribution is 5.80. The Morgan fingerprint density at radius 1 is 1.28 bits per heavy atom. The van der Waals surface area contributed by atoms with Crippen LogP contribution in [0.5, 0.6) is 0 Å². The van der Waals surface area contributed by atoms with Crippen molar-refractivity contribution >= 4 is 5.91 Å². The Morgan fingerprint density at radius 3 is 2.70 bits per heavy atom. The molecule has 0 bridgehead atoms. The topological polar surface area (TPSA) is 252 Å². The normalized spacial score (nSPS) is 42.6. The van der Waals surface area contributed by atoms with Crippen LogP contribution in [0.25, 0.3) is 0 Å². The lowest BCUT2D eigenvalue weighted by molar-refractivity contribution is -0.297. The zero-order chi connectivity index (χ0) is 31.3. The largest absolute Gasteiger partial charge is 0.492 e. The van der Waals surface area contributed by atoms with Gasteiger partial charge < -0.3 is 73.1 Å². The Bertz CT molecular complexity index is 939. The molecule has 15 nitrogen and oxygen atoms in total. The van der Waals surface area contributed by atoms with E-state index >= 15 is 0 Å². The minimum atomic E-state index is -1.38. The van der Waals surface area contributed by atoms with Crippen LogP contribution >= 0.6 is 0 Å². The van der Waals surface area contributed by atoms with Crippen molar-refractivity contribution in [1.82, 2.24) is 21.3 Å². The van der Waals surface area contributed by atoms with Gasteiger partial charge in [0.25, 0.3) is 0 Å². The van der Waals surface area contributed by atoms with Crippen molar-refractivity contribution in [2.75, 3.05) is 39.8 Å². The van der Waals surface area contributed by atoms with Crippen LogP contribution in [-0.2, 0) is 19.0 Å². The highest BCUT2D eigenvalue weighted by Gasteiger charge is 2.53. The minimum Gasteiger partial charge on any atom is -0.492 e. The summed E-state index contributed by atoms with van der Waals surface area (Å²) in [6.45, 7) is 3.39. The first kappa shape index (κ1) is 34.4. The fraction of sp³-hybridized carbons (Fsp3) is 0.893. The Kier molecular flexibility index (Phi) is 12.2. The summed E-state index contributed by atoms with van der Waals surface area (Å²) >= 11 is 0. The van der Waals surface area contributed by atoms with Gasteiger partial charge in [0.05, 0.1) is 31.3 Å². The van der Waals surface area contributed by atoms with Gasteiger partial charge in [0, 0.05) is 30.6 Å². The Labute approximate surface area is 253 Å². The summed E-state index contributed by atoms with van der Waals surface area (Å²) < 4.78 is 18.3. The number of aliphatic hydroxyl groups excluding tert-OH is 3. The average molecular weight is 616 g/mol. The van der Waals surface area contributed by atoms with E-state index in [1.165, 1.54) is 6.92 Å². The number of nitrogens with one attached hydrogen (secondary N) is 4. The van der Waals surface area contributed by atoms with Crippen molar-refractivity contribution in [3.8, 4) is 0 Å². The van der Waals surface area contributed by atoms with Crippen LogP contribution in [0, 0.1) is 5.92 Å². The standard InChI is InChI=1S/C28H53N7O8/c1-28(40)13-41-27(22(38)25(28)32-2)43-24-18(35-26(39)19(36)7-8-29)10-16(31)20(21(24)37)23-17(6-5-15(11-30)42-23)34-12-14-4-3-9-33-14/h5,14,16-25,27,32-34,36-38,40H,3-4,6-13,29-31H2,1-2H3,(H,35,39)/t14?,16-,17+,18+,19-,20?,21-,22+,23-,24-,25+,27+,28-/m0/s1. The number of nitrogens with two attached hydrogens (primary N) is 3. The summed E-state index contributed by atoms with van der Waals surface area (Å²) in [5.74, 6) is -0.723. The molecule has 2 saturated heterocycles. The smallest absolute Gasteiger partial charge is 0.249 e. The number of likely N-dealkylation sites (N-methyl/N-ethyl adjacent to an activating group) is 1. The third-order valence-corrected chi connectivity index (χ3v) is 9.30. The minimum absolute atomic E-state index is 0.0536. The van der Waals surface area contributed by atoms with E-state index in [4.69, 9.17) is 31.4 Å². The molecule has 14 N–H and O–H groups in total. The maximum Gasteiger partial charge on any atom is 0.249 e. The van der Waals surface area contributed by atoms with E-state index in [0.29, 0.717) is 18.2 Å². The van der Waals surface area contributed by atoms with E-state index in [0.717, 1.165) is 25.9 Å². The van der Waals surface area contributed by atoms with Gasteiger partial charge in [-0.15, -0.1) is 0 Å². The van der Waals surface area contributed by atoms with Crippen LogP contribution < -0.4 is 38.5 Å². The zero-order valence-electron chi connectivity index (χ0n) is 25.2. The molecule has 0 aromatic rings. The van der Waals surface area contributed by atoms with E-state index in [1.54, 1.807) is 7.05 Å². The molecule has 2 unspecified atom stereocenters. The lowest BCUT2D eigenvalue weighted by atomic mass is 9.72. The van der Waals surface area contributed by atoms with Gasteiger partial charge in [0.2, 0.25) is 5.91 Å². The van der Waals surface area contributed by atoms with E-state index in [9.17, 15) is 25.2 Å². The van der Waals surface area contributed by atoms with Gasteiger partial charge >= 0.3 is 0 Å². The van der Waals surface area contributed by atoms with Crippen molar-refractivity contribution in [2.24, 2.45) is 23.1 Å². The fourth-order valence-corrected chi connectivity index (χ4v) is 6.94. The molecule has 248 valence electrons. The van der Waals surface area contributed by atoms with Crippen LogP contribution in [-0.4, -0.2) is 139 Å². The molecule has 0 radical (unpaired) electrons. The SMILES string of the molecule is CN[C@@H]1[C@@H](O)[C@@H](O[C@H]2[C@H](NC(=O)[C@@H](O)CCN)C[C@H](N)C([C@H]3OC(CN)=CC[C@H]3NCC3CCCN3)[C@@H]2O)OC[C@]1(C)O. The molecular formula is C28H53N7O8. The first-order valence-electron chi connectivity index (χ1n) is 15.5. The lowest BCUT2D eigenvalue weighted by Gasteiger charge is -2.51. The number of hydrogen-bond acceptors (Lipinski definition) is 14. The van der Waals surface area contributed by atoms with Crippen LogP contribution in [0.1, 0.15) is 39.0 Å². The predicted octanol–water partition coefficient (Wildman–Crippen LogP) is -4.33. The second-order valence-electron chi connectivity index (χ2n) is 12.6. The number of amides is 1. The average Bonchev–Trinajstić information content (AvgIpc) is 3.49. The van der Waals surface area contributed by atoms with Crippen molar-refractivity contribution < 1.29 is 39.4 Å². The van der Waals surface area contributed by atoms with E-state index < -0.39 is 72.4 Å². The molecular weight excluding hydrogens is 562 g/mol. The lowest BCUT2D eigenvalue weighted by Crippen LogP contribution is -2.69. The quantitative estimate of drug-likeness (QED) is 0.0993. The Morgan fingerprint density at radius 2 is 2.05 bits per heavy atom. The molecule has 3 aliphatic heterocycles. The number of carbonyl (C=O) groups is 1. The molecule has 0 aromatic heterocycles.